The molecule has 0 heterocycles. The summed E-state index contributed by atoms with van der Waals surface area (Å²) in [5, 5.41) is 9.29. The predicted molar refractivity (Wildman–Crippen MR) is 57.6 cm³/mol. The Morgan fingerprint density at radius 1 is 1.47 bits per heavy atom. The number of benzene rings is 1. The van der Waals surface area contributed by atoms with Crippen LogP contribution >= 0.6 is 0 Å². The highest BCUT2D eigenvalue weighted by molar-refractivity contribution is 5.76. The second-order valence-electron chi connectivity index (χ2n) is 4.22. The molecule has 0 saturated carbocycles. The molecule has 15 heavy (non-hydrogen) atoms. The molecule has 1 rings (SSSR count). The van der Waals surface area contributed by atoms with Gasteiger partial charge in [0.1, 0.15) is 5.75 Å². The molecule has 0 aliphatic carbocycles. The van der Waals surface area contributed by atoms with Gasteiger partial charge in [-0.1, -0.05) is 12.1 Å². The summed E-state index contributed by atoms with van der Waals surface area (Å²) < 4.78 is 4.72. The van der Waals surface area contributed by atoms with E-state index in [2.05, 4.69) is 0 Å². The van der Waals surface area contributed by atoms with E-state index in [1.807, 2.05) is 19.9 Å². The molecule has 1 N–H and O–H groups in total. The van der Waals surface area contributed by atoms with Crippen LogP contribution in [0, 0.1) is 5.41 Å². The van der Waals surface area contributed by atoms with Crippen LogP contribution in [0.25, 0.3) is 0 Å². The summed E-state index contributed by atoms with van der Waals surface area (Å²) in [5.74, 6) is -0.0287. The van der Waals surface area contributed by atoms with Gasteiger partial charge in [0, 0.05) is 0 Å². The minimum Gasteiger partial charge on any atom is -0.508 e. The molecule has 0 radical (unpaired) electrons. The Morgan fingerprint density at radius 3 is 2.67 bits per heavy atom. The van der Waals surface area contributed by atoms with Crippen LogP contribution < -0.4 is 0 Å². The maximum atomic E-state index is 11.4. The molecule has 82 valence electrons. The van der Waals surface area contributed by atoms with E-state index in [1.54, 1.807) is 18.2 Å². The topological polar surface area (TPSA) is 46.5 Å². The lowest BCUT2D eigenvalue weighted by atomic mass is 9.86. The van der Waals surface area contributed by atoms with Gasteiger partial charge in [-0.3, -0.25) is 4.79 Å². The highest BCUT2D eigenvalue weighted by Gasteiger charge is 2.28. The van der Waals surface area contributed by atoms with Gasteiger partial charge in [0.05, 0.1) is 12.5 Å². The molecule has 3 heteroatoms. The zero-order valence-corrected chi connectivity index (χ0v) is 9.28. The maximum absolute atomic E-state index is 11.4. The van der Waals surface area contributed by atoms with E-state index >= 15 is 0 Å². The molecule has 0 bridgehead atoms. The molecular weight excluding hydrogens is 192 g/mol. The van der Waals surface area contributed by atoms with Crippen LogP contribution in [0.2, 0.25) is 0 Å². The average Bonchev–Trinajstić information content (AvgIpc) is 2.15. The number of ether oxygens (including phenoxy) is 1. The number of phenolic OH excluding ortho intramolecular Hbond substituents is 1. The number of aromatic hydroxyl groups is 1. The van der Waals surface area contributed by atoms with Gasteiger partial charge in [0.2, 0.25) is 0 Å². The Kier molecular flexibility index (Phi) is 3.35. The lowest BCUT2D eigenvalue weighted by Crippen LogP contribution is -2.27. The summed E-state index contributed by atoms with van der Waals surface area (Å²) in [6, 6.07) is 6.90. The normalized spacial score (nSPS) is 11.1. The van der Waals surface area contributed by atoms with E-state index in [-0.39, 0.29) is 11.7 Å². The Bertz CT molecular complexity index is 356. The summed E-state index contributed by atoms with van der Waals surface area (Å²) >= 11 is 0. The number of phenols is 1. The molecule has 0 spiro atoms. The third kappa shape index (κ3) is 2.98. The van der Waals surface area contributed by atoms with Crippen molar-refractivity contribution < 1.29 is 14.6 Å². The van der Waals surface area contributed by atoms with Crippen molar-refractivity contribution in [1.82, 2.24) is 0 Å². The Morgan fingerprint density at radius 2 is 2.13 bits per heavy atom. The van der Waals surface area contributed by atoms with Crippen LogP contribution in [0.4, 0.5) is 0 Å². The predicted octanol–water partition coefficient (Wildman–Crippen LogP) is 2.13. The molecule has 0 aliphatic heterocycles. The minimum absolute atomic E-state index is 0.216. The number of carbonyl (C=O) groups is 1. The monoisotopic (exact) mass is 208 g/mol. The molecular formula is C12H16O3. The van der Waals surface area contributed by atoms with Gasteiger partial charge in [-0.2, -0.15) is 0 Å². The second kappa shape index (κ2) is 4.34. The third-order valence-corrected chi connectivity index (χ3v) is 2.29. The molecule has 0 amide bonds. The van der Waals surface area contributed by atoms with Crippen LogP contribution in [0.5, 0.6) is 5.75 Å². The number of methoxy groups -OCH3 is 1. The Hall–Kier alpha value is -1.51. The van der Waals surface area contributed by atoms with Gasteiger partial charge in [-0.15, -0.1) is 0 Å². The summed E-state index contributed by atoms with van der Waals surface area (Å²) in [4.78, 5) is 11.4. The number of carbonyl (C=O) groups excluding carboxylic acids is 1. The molecule has 0 aromatic heterocycles. The molecule has 0 fully saturated rings. The van der Waals surface area contributed by atoms with Gasteiger partial charge in [-0.05, 0) is 38.0 Å². The molecule has 0 atom stereocenters. The number of hydrogen-bond acceptors (Lipinski definition) is 3. The van der Waals surface area contributed by atoms with Gasteiger partial charge in [-0.25, -0.2) is 0 Å². The van der Waals surface area contributed by atoms with Crippen LogP contribution in [-0.2, 0) is 16.0 Å². The van der Waals surface area contributed by atoms with E-state index in [4.69, 9.17) is 4.74 Å². The van der Waals surface area contributed by atoms with Gasteiger partial charge in [0.25, 0.3) is 0 Å². The maximum Gasteiger partial charge on any atom is 0.311 e. The van der Waals surface area contributed by atoms with Crippen LogP contribution in [0.1, 0.15) is 19.4 Å². The molecule has 0 saturated heterocycles. The van der Waals surface area contributed by atoms with Crippen molar-refractivity contribution in [1.29, 1.82) is 0 Å². The highest BCUT2D eigenvalue weighted by Crippen LogP contribution is 2.24. The van der Waals surface area contributed by atoms with Crippen molar-refractivity contribution in [3.8, 4) is 5.75 Å². The van der Waals surface area contributed by atoms with E-state index in [9.17, 15) is 9.90 Å². The molecule has 0 aliphatic rings. The molecule has 3 nitrogen and oxygen atoms in total. The fourth-order valence-electron chi connectivity index (χ4n) is 1.53. The largest absolute Gasteiger partial charge is 0.508 e. The Balaban J connectivity index is 2.81. The van der Waals surface area contributed by atoms with Crippen molar-refractivity contribution in [3.05, 3.63) is 29.8 Å². The Labute approximate surface area is 89.7 Å². The van der Waals surface area contributed by atoms with Crippen LogP contribution in [-0.4, -0.2) is 18.2 Å². The van der Waals surface area contributed by atoms with Crippen molar-refractivity contribution in [2.24, 2.45) is 5.41 Å². The summed E-state index contributed by atoms with van der Waals surface area (Å²) in [6.07, 6.45) is 0.550. The first kappa shape index (κ1) is 11.6. The van der Waals surface area contributed by atoms with E-state index in [0.717, 1.165) is 5.56 Å². The van der Waals surface area contributed by atoms with E-state index in [0.29, 0.717) is 6.42 Å². The first-order valence-electron chi connectivity index (χ1n) is 4.82. The van der Waals surface area contributed by atoms with E-state index in [1.165, 1.54) is 7.11 Å². The first-order valence-corrected chi connectivity index (χ1v) is 4.82. The van der Waals surface area contributed by atoms with Crippen molar-refractivity contribution in [2.45, 2.75) is 20.3 Å². The van der Waals surface area contributed by atoms with Crippen LogP contribution in [0.15, 0.2) is 24.3 Å². The second-order valence-corrected chi connectivity index (χ2v) is 4.22. The average molecular weight is 208 g/mol. The number of esters is 1. The molecule has 1 aromatic rings. The van der Waals surface area contributed by atoms with Gasteiger partial charge >= 0.3 is 5.97 Å². The first-order chi connectivity index (χ1) is 6.95. The lowest BCUT2D eigenvalue weighted by molar-refractivity contribution is -0.150. The van der Waals surface area contributed by atoms with Gasteiger partial charge < -0.3 is 9.84 Å². The fraction of sp³-hybridized carbons (Fsp3) is 0.417. The standard InChI is InChI=1S/C12H16O3/c1-12(2,11(14)15-3)8-9-5-4-6-10(13)7-9/h4-7,13H,8H2,1-3H3. The number of hydrogen-bond donors (Lipinski definition) is 1. The summed E-state index contributed by atoms with van der Waals surface area (Å²) in [5.41, 5.74) is 0.355. The zero-order valence-electron chi connectivity index (χ0n) is 9.28. The highest BCUT2D eigenvalue weighted by atomic mass is 16.5. The summed E-state index contributed by atoms with van der Waals surface area (Å²) in [7, 11) is 1.38. The van der Waals surface area contributed by atoms with Crippen molar-refractivity contribution >= 4 is 5.97 Å². The number of rotatable bonds is 3. The fourth-order valence-corrected chi connectivity index (χ4v) is 1.53. The third-order valence-electron chi connectivity index (χ3n) is 2.29. The lowest BCUT2D eigenvalue weighted by Gasteiger charge is -2.21. The SMILES string of the molecule is COC(=O)C(C)(C)Cc1cccc(O)c1. The van der Waals surface area contributed by atoms with E-state index < -0.39 is 5.41 Å². The van der Waals surface area contributed by atoms with Crippen LogP contribution in [0.3, 0.4) is 0 Å². The minimum atomic E-state index is -0.567. The van der Waals surface area contributed by atoms with Crippen molar-refractivity contribution in [2.75, 3.05) is 7.11 Å². The van der Waals surface area contributed by atoms with Gasteiger partial charge in [0.15, 0.2) is 0 Å². The quantitative estimate of drug-likeness (QED) is 0.774. The zero-order chi connectivity index (χ0) is 11.5. The molecule has 1 aromatic carbocycles. The van der Waals surface area contributed by atoms with Crippen molar-refractivity contribution in [3.63, 3.8) is 0 Å². The smallest absolute Gasteiger partial charge is 0.311 e. The molecule has 0 unspecified atom stereocenters. The summed E-state index contributed by atoms with van der Waals surface area (Å²) in [6.45, 7) is 3.64.